The Balaban J connectivity index is 1.96. The Morgan fingerprint density at radius 1 is 1.44 bits per heavy atom. The van der Waals surface area contributed by atoms with Crippen LogP contribution >= 0.6 is 0 Å². The molecule has 1 N–H and O–H groups in total. The van der Waals surface area contributed by atoms with Crippen LogP contribution in [0.5, 0.6) is 0 Å². The molecule has 3 unspecified atom stereocenters. The van der Waals surface area contributed by atoms with E-state index in [1.807, 2.05) is 7.05 Å². The van der Waals surface area contributed by atoms with Crippen molar-refractivity contribution in [3.05, 3.63) is 11.9 Å². The molecular weight excluding hydrogens is 224 g/mol. The molecule has 0 spiro atoms. The summed E-state index contributed by atoms with van der Waals surface area (Å²) < 4.78 is 1.80. The number of hydrogen-bond donors (Lipinski definition) is 1. The molecule has 4 heteroatoms. The zero-order valence-electron chi connectivity index (χ0n) is 11.9. The lowest BCUT2D eigenvalue weighted by Gasteiger charge is -2.35. The molecular formula is C14H26N4. The fourth-order valence-electron chi connectivity index (χ4n) is 3.08. The summed E-state index contributed by atoms with van der Waals surface area (Å²) in [5.74, 6) is 1.57. The van der Waals surface area contributed by atoms with Gasteiger partial charge < -0.3 is 5.32 Å². The van der Waals surface area contributed by atoms with Crippen molar-refractivity contribution in [2.75, 3.05) is 6.54 Å². The minimum absolute atomic E-state index is 0.670. The van der Waals surface area contributed by atoms with E-state index in [1.54, 1.807) is 4.68 Å². The molecule has 1 aliphatic rings. The number of aromatic nitrogens is 3. The number of rotatable bonds is 5. The highest BCUT2D eigenvalue weighted by Crippen LogP contribution is 2.31. The van der Waals surface area contributed by atoms with Crippen molar-refractivity contribution in [3.63, 3.8) is 0 Å². The summed E-state index contributed by atoms with van der Waals surface area (Å²) in [7, 11) is 1.94. The van der Waals surface area contributed by atoms with Crippen molar-refractivity contribution in [1.82, 2.24) is 20.3 Å². The second kappa shape index (κ2) is 6.32. The minimum atomic E-state index is 0.670. The van der Waals surface area contributed by atoms with Gasteiger partial charge in [0.2, 0.25) is 0 Å². The molecule has 3 atom stereocenters. The zero-order chi connectivity index (χ0) is 13.0. The Kier molecular flexibility index (Phi) is 4.75. The lowest BCUT2D eigenvalue weighted by atomic mass is 9.76. The quantitative estimate of drug-likeness (QED) is 0.871. The summed E-state index contributed by atoms with van der Waals surface area (Å²) in [5, 5.41) is 12.0. The molecule has 0 radical (unpaired) electrons. The fourth-order valence-corrected chi connectivity index (χ4v) is 3.08. The van der Waals surface area contributed by atoms with Crippen molar-refractivity contribution in [3.8, 4) is 0 Å². The summed E-state index contributed by atoms with van der Waals surface area (Å²) in [4.78, 5) is 0. The Labute approximate surface area is 110 Å². The van der Waals surface area contributed by atoms with Gasteiger partial charge in [0.25, 0.3) is 0 Å². The first kappa shape index (κ1) is 13.5. The molecule has 0 saturated heterocycles. The maximum absolute atomic E-state index is 4.23. The van der Waals surface area contributed by atoms with Crippen molar-refractivity contribution in [2.24, 2.45) is 18.9 Å². The van der Waals surface area contributed by atoms with E-state index in [1.165, 1.54) is 25.7 Å². The van der Waals surface area contributed by atoms with Crippen LogP contribution in [0.15, 0.2) is 6.20 Å². The van der Waals surface area contributed by atoms with Crippen molar-refractivity contribution < 1.29 is 0 Å². The van der Waals surface area contributed by atoms with E-state index in [0.29, 0.717) is 6.04 Å². The second-order valence-electron chi connectivity index (χ2n) is 5.83. The van der Waals surface area contributed by atoms with Crippen LogP contribution in [-0.2, 0) is 13.5 Å². The Bertz CT molecular complexity index is 358. The first-order chi connectivity index (χ1) is 8.69. The summed E-state index contributed by atoms with van der Waals surface area (Å²) in [6, 6.07) is 0.670. The monoisotopic (exact) mass is 250 g/mol. The van der Waals surface area contributed by atoms with E-state index < -0.39 is 0 Å². The van der Waals surface area contributed by atoms with Gasteiger partial charge in [-0.05, 0) is 50.5 Å². The van der Waals surface area contributed by atoms with Crippen LogP contribution in [0.2, 0.25) is 0 Å². The summed E-state index contributed by atoms with van der Waals surface area (Å²) in [6.45, 7) is 5.74. The average Bonchev–Trinajstić information content (AvgIpc) is 2.74. The third kappa shape index (κ3) is 3.55. The van der Waals surface area contributed by atoms with E-state index in [-0.39, 0.29) is 0 Å². The van der Waals surface area contributed by atoms with Crippen LogP contribution < -0.4 is 5.32 Å². The molecule has 1 aromatic heterocycles. The third-order valence-electron chi connectivity index (χ3n) is 4.02. The summed E-state index contributed by atoms with van der Waals surface area (Å²) in [6.07, 6.45) is 8.32. The first-order valence-electron chi connectivity index (χ1n) is 7.27. The van der Waals surface area contributed by atoms with Gasteiger partial charge in [0.1, 0.15) is 0 Å². The highest BCUT2D eigenvalue weighted by molar-refractivity contribution is 4.97. The van der Waals surface area contributed by atoms with Crippen LogP contribution in [0.1, 0.15) is 45.2 Å². The van der Waals surface area contributed by atoms with Gasteiger partial charge in [-0.1, -0.05) is 19.1 Å². The lowest BCUT2D eigenvalue weighted by molar-refractivity contribution is 0.211. The van der Waals surface area contributed by atoms with Crippen LogP contribution in [0.25, 0.3) is 0 Å². The van der Waals surface area contributed by atoms with E-state index in [0.717, 1.165) is 30.5 Å². The highest BCUT2D eigenvalue weighted by atomic mass is 15.4. The molecule has 0 bridgehead atoms. The van der Waals surface area contributed by atoms with E-state index in [9.17, 15) is 0 Å². The zero-order valence-corrected chi connectivity index (χ0v) is 11.9. The maximum Gasteiger partial charge on any atom is 0.0830 e. The number of aryl methyl sites for hydroxylation is 1. The molecule has 0 aromatic carbocycles. The van der Waals surface area contributed by atoms with Crippen molar-refractivity contribution in [2.45, 2.75) is 52.0 Å². The average molecular weight is 250 g/mol. The molecule has 1 aliphatic carbocycles. The van der Waals surface area contributed by atoms with E-state index >= 15 is 0 Å². The van der Waals surface area contributed by atoms with Gasteiger partial charge in [0, 0.05) is 19.3 Å². The minimum Gasteiger partial charge on any atom is -0.314 e. The number of hydrogen-bond acceptors (Lipinski definition) is 3. The molecule has 0 amide bonds. The predicted octanol–water partition coefficient (Wildman–Crippen LogP) is 2.16. The van der Waals surface area contributed by atoms with Gasteiger partial charge in [0.15, 0.2) is 0 Å². The molecule has 1 fully saturated rings. The molecule has 1 saturated carbocycles. The Hall–Kier alpha value is -0.900. The molecule has 2 rings (SSSR count). The van der Waals surface area contributed by atoms with E-state index in [4.69, 9.17) is 0 Å². The van der Waals surface area contributed by atoms with Crippen LogP contribution in [-0.4, -0.2) is 27.6 Å². The Morgan fingerprint density at radius 3 is 2.94 bits per heavy atom. The SMILES string of the molecule is CCCNC1CCC(C)CC1Cc1cn(C)nn1. The van der Waals surface area contributed by atoms with Gasteiger partial charge in [-0.2, -0.15) is 0 Å². The van der Waals surface area contributed by atoms with E-state index in [2.05, 4.69) is 35.7 Å². The smallest absolute Gasteiger partial charge is 0.0830 e. The fraction of sp³-hybridized carbons (Fsp3) is 0.857. The number of nitrogens with one attached hydrogen (secondary N) is 1. The van der Waals surface area contributed by atoms with Crippen LogP contribution in [0.3, 0.4) is 0 Å². The number of nitrogens with zero attached hydrogens (tertiary/aromatic N) is 3. The van der Waals surface area contributed by atoms with Crippen molar-refractivity contribution in [1.29, 1.82) is 0 Å². The molecule has 1 aromatic rings. The lowest BCUT2D eigenvalue weighted by Crippen LogP contribution is -2.41. The third-order valence-corrected chi connectivity index (χ3v) is 4.02. The predicted molar refractivity (Wildman–Crippen MR) is 73.3 cm³/mol. The van der Waals surface area contributed by atoms with Gasteiger partial charge in [-0.3, -0.25) is 4.68 Å². The standard InChI is InChI=1S/C14H26N4/c1-4-7-15-14-6-5-11(2)8-12(14)9-13-10-18(3)17-16-13/h10-12,14-15H,4-9H2,1-3H3. The van der Waals surface area contributed by atoms with Gasteiger partial charge in [0.05, 0.1) is 5.69 Å². The van der Waals surface area contributed by atoms with Gasteiger partial charge >= 0.3 is 0 Å². The molecule has 4 nitrogen and oxygen atoms in total. The van der Waals surface area contributed by atoms with Crippen molar-refractivity contribution >= 4 is 0 Å². The molecule has 0 aliphatic heterocycles. The highest BCUT2D eigenvalue weighted by Gasteiger charge is 2.28. The maximum atomic E-state index is 4.23. The molecule has 1 heterocycles. The van der Waals surface area contributed by atoms with Gasteiger partial charge in [-0.25, -0.2) is 0 Å². The summed E-state index contributed by atoms with van der Waals surface area (Å²) >= 11 is 0. The molecule has 102 valence electrons. The topological polar surface area (TPSA) is 42.7 Å². The largest absolute Gasteiger partial charge is 0.314 e. The van der Waals surface area contributed by atoms with Gasteiger partial charge in [-0.15, -0.1) is 5.10 Å². The Morgan fingerprint density at radius 2 is 2.28 bits per heavy atom. The van der Waals surface area contributed by atoms with Crippen LogP contribution in [0, 0.1) is 11.8 Å². The molecule has 18 heavy (non-hydrogen) atoms. The first-order valence-corrected chi connectivity index (χ1v) is 7.27. The summed E-state index contributed by atoms with van der Waals surface area (Å²) in [5.41, 5.74) is 1.14. The second-order valence-corrected chi connectivity index (χ2v) is 5.83. The normalized spacial score (nSPS) is 28.5. The van der Waals surface area contributed by atoms with Crippen LogP contribution in [0.4, 0.5) is 0 Å².